The van der Waals surface area contributed by atoms with E-state index in [4.69, 9.17) is 0 Å². The van der Waals surface area contributed by atoms with Crippen LogP contribution in [0.25, 0.3) is 0 Å². The van der Waals surface area contributed by atoms with E-state index in [-0.39, 0.29) is 11.9 Å². The lowest BCUT2D eigenvalue weighted by Crippen LogP contribution is -2.28. The van der Waals surface area contributed by atoms with E-state index in [0.29, 0.717) is 5.84 Å². The van der Waals surface area contributed by atoms with Crippen molar-refractivity contribution in [1.29, 1.82) is 0 Å². The molecule has 1 N–H and O–H groups in total. The van der Waals surface area contributed by atoms with Crippen molar-refractivity contribution in [1.82, 2.24) is 10.3 Å². The first-order valence-corrected chi connectivity index (χ1v) is 4.49. The number of pyridine rings is 1. The zero-order chi connectivity index (χ0) is 10.1. The molecule has 0 aliphatic carbocycles. The summed E-state index contributed by atoms with van der Waals surface area (Å²) in [6.45, 7) is 3.67. The number of amides is 1. The highest BCUT2D eigenvalue weighted by Crippen LogP contribution is 2.06. The number of hydrogen-bond acceptors (Lipinski definition) is 3. The van der Waals surface area contributed by atoms with Crippen LogP contribution in [0.2, 0.25) is 0 Å². The monoisotopic (exact) mass is 189 g/mol. The van der Waals surface area contributed by atoms with Gasteiger partial charge >= 0.3 is 0 Å². The normalized spacial score (nSPS) is 20.6. The third-order valence-corrected chi connectivity index (χ3v) is 2.07. The minimum atomic E-state index is -0.299. The van der Waals surface area contributed by atoms with Crippen LogP contribution >= 0.6 is 0 Å². The lowest BCUT2D eigenvalue weighted by atomic mass is 10.3. The zero-order valence-corrected chi connectivity index (χ0v) is 8.11. The number of rotatable bonds is 1. The average molecular weight is 189 g/mol. The molecule has 0 saturated carbocycles. The Morgan fingerprint density at radius 1 is 1.43 bits per heavy atom. The first kappa shape index (κ1) is 8.87. The van der Waals surface area contributed by atoms with Gasteiger partial charge in [-0.3, -0.25) is 9.79 Å². The molecular weight excluding hydrogens is 178 g/mol. The average Bonchev–Trinajstić information content (AvgIpc) is 2.47. The van der Waals surface area contributed by atoms with Gasteiger partial charge in [0.05, 0.1) is 0 Å². The van der Waals surface area contributed by atoms with Crippen molar-refractivity contribution >= 4 is 11.7 Å². The molecule has 4 nitrogen and oxygen atoms in total. The molecule has 0 bridgehead atoms. The van der Waals surface area contributed by atoms with Crippen LogP contribution in [0.1, 0.15) is 18.3 Å². The highest BCUT2D eigenvalue weighted by atomic mass is 16.2. The molecule has 4 heteroatoms. The van der Waals surface area contributed by atoms with Gasteiger partial charge in [0, 0.05) is 5.69 Å². The van der Waals surface area contributed by atoms with Gasteiger partial charge in [-0.25, -0.2) is 4.98 Å². The summed E-state index contributed by atoms with van der Waals surface area (Å²) in [5.74, 6) is 0.509. The van der Waals surface area contributed by atoms with E-state index in [0.717, 1.165) is 11.4 Å². The van der Waals surface area contributed by atoms with Gasteiger partial charge in [0.1, 0.15) is 11.7 Å². The summed E-state index contributed by atoms with van der Waals surface area (Å²) in [7, 11) is 0. The Morgan fingerprint density at radius 3 is 2.79 bits per heavy atom. The molecule has 1 atom stereocenters. The van der Waals surface area contributed by atoms with Crippen molar-refractivity contribution < 1.29 is 4.79 Å². The smallest absolute Gasteiger partial charge is 0.250 e. The Bertz CT molecular complexity index is 412. The van der Waals surface area contributed by atoms with Gasteiger partial charge in [-0.05, 0) is 26.0 Å². The molecule has 1 aromatic rings. The number of hydrogen-bond donors (Lipinski definition) is 1. The molecule has 14 heavy (non-hydrogen) atoms. The van der Waals surface area contributed by atoms with Crippen molar-refractivity contribution in [3.63, 3.8) is 0 Å². The topological polar surface area (TPSA) is 54.4 Å². The lowest BCUT2D eigenvalue weighted by molar-refractivity contribution is -0.119. The number of aryl methyl sites for hydroxylation is 1. The third kappa shape index (κ3) is 1.51. The van der Waals surface area contributed by atoms with Crippen LogP contribution in [-0.4, -0.2) is 22.8 Å². The molecule has 1 aromatic heterocycles. The van der Waals surface area contributed by atoms with E-state index in [1.165, 1.54) is 0 Å². The quantitative estimate of drug-likeness (QED) is 0.705. The molecule has 0 spiro atoms. The highest BCUT2D eigenvalue weighted by Gasteiger charge is 2.23. The molecule has 0 saturated heterocycles. The number of carbonyl (C=O) groups is 1. The van der Waals surface area contributed by atoms with Crippen LogP contribution in [0.3, 0.4) is 0 Å². The molecular formula is C10H11N3O. The van der Waals surface area contributed by atoms with Crippen molar-refractivity contribution in [2.75, 3.05) is 0 Å². The predicted octanol–water partition coefficient (Wildman–Crippen LogP) is 0.655. The first-order valence-electron chi connectivity index (χ1n) is 4.49. The van der Waals surface area contributed by atoms with E-state index >= 15 is 0 Å². The molecule has 0 aromatic carbocycles. The van der Waals surface area contributed by atoms with Gasteiger partial charge in [0.25, 0.3) is 0 Å². The van der Waals surface area contributed by atoms with E-state index in [1.807, 2.05) is 25.1 Å². The van der Waals surface area contributed by atoms with Gasteiger partial charge < -0.3 is 5.32 Å². The van der Waals surface area contributed by atoms with Crippen LogP contribution < -0.4 is 5.32 Å². The SMILES string of the molecule is Cc1cccc(C2=NC(C)C(=O)N2)n1. The number of nitrogens with one attached hydrogen (secondary N) is 1. The van der Waals surface area contributed by atoms with E-state index < -0.39 is 0 Å². The molecule has 0 fully saturated rings. The van der Waals surface area contributed by atoms with E-state index in [1.54, 1.807) is 6.92 Å². The molecule has 1 amide bonds. The standard InChI is InChI=1S/C10H11N3O/c1-6-4-3-5-8(11-6)9-12-7(2)10(14)13-9/h3-5,7H,1-2H3,(H,12,13,14). The van der Waals surface area contributed by atoms with E-state index in [9.17, 15) is 4.79 Å². The van der Waals surface area contributed by atoms with Gasteiger partial charge in [-0.2, -0.15) is 0 Å². The third-order valence-electron chi connectivity index (χ3n) is 2.07. The minimum absolute atomic E-state index is 0.0664. The van der Waals surface area contributed by atoms with Crippen molar-refractivity contribution in [2.45, 2.75) is 19.9 Å². The summed E-state index contributed by atoms with van der Waals surface area (Å²) in [6, 6.07) is 5.34. The number of carbonyl (C=O) groups excluding carboxylic acids is 1. The summed E-state index contributed by atoms with van der Waals surface area (Å²) >= 11 is 0. The largest absolute Gasteiger partial charge is 0.307 e. The predicted molar refractivity (Wildman–Crippen MR) is 53.1 cm³/mol. The van der Waals surface area contributed by atoms with Crippen LogP contribution in [0.15, 0.2) is 23.2 Å². The summed E-state index contributed by atoms with van der Waals surface area (Å²) in [5, 5.41) is 2.70. The van der Waals surface area contributed by atoms with E-state index in [2.05, 4.69) is 15.3 Å². The zero-order valence-electron chi connectivity index (χ0n) is 8.11. The van der Waals surface area contributed by atoms with Crippen molar-refractivity contribution in [3.8, 4) is 0 Å². The van der Waals surface area contributed by atoms with Crippen LogP contribution in [-0.2, 0) is 4.79 Å². The molecule has 0 radical (unpaired) electrons. The molecule has 1 aliphatic rings. The molecule has 2 rings (SSSR count). The summed E-state index contributed by atoms with van der Waals surface area (Å²) in [6.07, 6.45) is 0. The second-order valence-electron chi connectivity index (χ2n) is 3.31. The lowest BCUT2D eigenvalue weighted by Gasteiger charge is -2.00. The fourth-order valence-corrected chi connectivity index (χ4v) is 1.31. The summed E-state index contributed by atoms with van der Waals surface area (Å²) in [4.78, 5) is 19.6. The maximum atomic E-state index is 11.2. The Kier molecular flexibility index (Phi) is 2.04. The first-order chi connectivity index (χ1) is 6.66. The van der Waals surface area contributed by atoms with Crippen molar-refractivity contribution in [3.05, 3.63) is 29.6 Å². The Morgan fingerprint density at radius 2 is 2.21 bits per heavy atom. The summed E-state index contributed by atoms with van der Waals surface area (Å²) < 4.78 is 0. The van der Waals surface area contributed by atoms with Crippen LogP contribution in [0.4, 0.5) is 0 Å². The maximum Gasteiger partial charge on any atom is 0.250 e. The molecule has 72 valence electrons. The van der Waals surface area contributed by atoms with Gasteiger partial charge in [-0.15, -0.1) is 0 Å². The van der Waals surface area contributed by atoms with Crippen LogP contribution in [0, 0.1) is 6.92 Å². The van der Waals surface area contributed by atoms with Gasteiger partial charge in [0.2, 0.25) is 5.91 Å². The Balaban J connectivity index is 2.33. The Labute approximate surface area is 82.1 Å². The molecule has 1 unspecified atom stereocenters. The number of aromatic nitrogens is 1. The fraction of sp³-hybridized carbons (Fsp3) is 0.300. The Hall–Kier alpha value is -1.71. The minimum Gasteiger partial charge on any atom is -0.307 e. The fourth-order valence-electron chi connectivity index (χ4n) is 1.31. The molecule has 2 heterocycles. The highest BCUT2D eigenvalue weighted by molar-refractivity contribution is 6.12. The van der Waals surface area contributed by atoms with Crippen LogP contribution in [0.5, 0.6) is 0 Å². The maximum absolute atomic E-state index is 11.2. The molecule has 1 aliphatic heterocycles. The van der Waals surface area contributed by atoms with Crippen molar-refractivity contribution in [2.24, 2.45) is 4.99 Å². The second kappa shape index (κ2) is 3.21. The number of aliphatic imine (C=N–C) groups is 1. The number of amidine groups is 1. The van der Waals surface area contributed by atoms with Gasteiger partial charge in [0.15, 0.2) is 5.84 Å². The summed E-state index contributed by atoms with van der Waals surface area (Å²) in [5.41, 5.74) is 1.64. The number of nitrogens with zero attached hydrogens (tertiary/aromatic N) is 2. The van der Waals surface area contributed by atoms with Gasteiger partial charge in [-0.1, -0.05) is 6.07 Å². The second-order valence-corrected chi connectivity index (χ2v) is 3.31.